The lowest BCUT2D eigenvalue weighted by molar-refractivity contribution is 0.404. The van der Waals surface area contributed by atoms with E-state index in [1.54, 1.807) is 36.4 Å². The first kappa shape index (κ1) is 23.7. The Labute approximate surface area is 196 Å². The maximum Gasteiger partial charge on any atom is 0.243 e. The molecule has 0 amide bonds. The van der Waals surface area contributed by atoms with Crippen LogP contribution in [0.3, 0.4) is 0 Å². The molecule has 0 radical (unpaired) electrons. The average molecular weight is 488 g/mol. The SMILES string of the molecule is C=CCn1ccc2cc(S(=O)(=O)N3CCCN(S(=O)(=O)c4ccc(CC)cc4)CC3)ccc21. The Morgan fingerprint density at radius 2 is 1.45 bits per heavy atom. The molecule has 2 aromatic carbocycles. The van der Waals surface area contributed by atoms with Crippen molar-refractivity contribution in [3.8, 4) is 0 Å². The van der Waals surface area contributed by atoms with Crippen LogP contribution in [0.4, 0.5) is 0 Å². The second-order valence-electron chi connectivity index (χ2n) is 8.14. The summed E-state index contributed by atoms with van der Waals surface area (Å²) in [6.45, 7) is 7.21. The second kappa shape index (κ2) is 9.42. The third kappa shape index (κ3) is 4.63. The topological polar surface area (TPSA) is 79.7 Å². The first-order valence-corrected chi connectivity index (χ1v) is 13.9. The van der Waals surface area contributed by atoms with Crippen molar-refractivity contribution in [2.45, 2.75) is 36.1 Å². The first-order valence-electron chi connectivity index (χ1n) is 11.1. The molecule has 0 bridgehead atoms. The van der Waals surface area contributed by atoms with Gasteiger partial charge < -0.3 is 4.57 Å². The zero-order chi connectivity index (χ0) is 23.6. The van der Waals surface area contributed by atoms with Crippen molar-refractivity contribution in [3.63, 3.8) is 0 Å². The minimum atomic E-state index is -3.74. The molecule has 0 unspecified atom stereocenters. The van der Waals surface area contributed by atoms with Crippen molar-refractivity contribution >= 4 is 30.9 Å². The predicted molar refractivity (Wildman–Crippen MR) is 130 cm³/mol. The molecular weight excluding hydrogens is 458 g/mol. The van der Waals surface area contributed by atoms with Gasteiger partial charge in [-0.15, -0.1) is 6.58 Å². The minimum Gasteiger partial charge on any atom is -0.344 e. The normalized spacial score (nSPS) is 16.6. The number of benzene rings is 2. The summed E-state index contributed by atoms with van der Waals surface area (Å²) in [6, 6.07) is 13.9. The molecule has 4 rings (SSSR count). The number of rotatable bonds is 7. The highest BCUT2D eigenvalue weighted by molar-refractivity contribution is 7.89. The summed E-state index contributed by atoms with van der Waals surface area (Å²) in [5.41, 5.74) is 2.01. The first-order chi connectivity index (χ1) is 15.8. The van der Waals surface area contributed by atoms with Gasteiger partial charge in [-0.05, 0) is 54.8 Å². The summed E-state index contributed by atoms with van der Waals surface area (Å²) >= 11 is 0. The molecule has 1 saturated heterocycles. The Morgan fingerprint density at radius 3 is 2.06 bits per heavy atom. The number of nitrogens with zero attached hydrogens (tertiary/aromatic N) is 3. The molecule has 1 aliphatic heterocycles. The molecule has 1 aliphatic rings. The van der Waals surface area contributed by atoms with Gasteiger partial charge >= 0.3 is 0 Å². The second-order valence-corrected chi connectivity index (χ2v) is 12.0. The third-order valence-electron chi connectivity index (χ3n) is 6.09. The monoisotopic (exact) mass is 487 g/mol. The minimum absolute atomic E-state index is 0.115. The summed E-state index contributed by atoms with van der Waals surface area (Å²) < 4.78 is 57.7. The smallest absolute Gasteiger partial charge is 0.243 e. The standard InChI is InChI=1S/C24H29N3O4S2/c1-3-13-25-16-12-21-19-23(10-11-24(21)25)33(30,31)27-15-5-14-26(17-18-27)32(28,29)22-8-6-20(4-2)7-9-22/h3,6-12,16,19H,1,4-5,13-15,17-18H2,2H3. The molecule has 0 aliphatic carbocycles. The zero-order valence-electron chi connectivity index (χ0n) is 18.7. The van der Waals surface area contributed by atoms with Gasteiger partial charge in [0.1, 0.15) is 0 Å². The molecule has 1 fully saturated rings. The van der Waals surface area contributed by atoms with Crippen LogP contribution in [-0.2, 0) is 33.0 Å². The molecule has 0 atom stereocenters. The number of fused-ring (bicyclic) bond motifs is 1. The van der Waals surface area contributed by atoms with Crippen LogP contribution in [0.5, 0.6) is 0 Å². The predicted octanol–water partition coefficient (Wildman–Crippen LogP) is 3.48. The zero-order valence-corrected chi connectivity index (χ0v) is 20.4. The molecule has 3 aromatic rings. The van der Waals surface area contributed by atoms with E-state index in [-0.39, 0.29) is 36.0 Å². The van der Waals surface area contributed by atoms with Crippen LogP contribution in [0.25, 0.3) is 10.9 Å². The molecular formula is C24H29N3O4S2. The molecule has 0 spiro atoms. The van der Waals surface area contributed by atoms with Gasteiger partial charge in [0.2, 0.25) is 20.0 Å². The van der Waals surface area contributed by atoms with Gasteiger partial charge in [-0.1, -0.05) is 25.1 Å². The lowest BCUT2D eigenvalue weighted by atomic mass is 10.2. The van der Waals surface area contributed by atoms with Gasteiger partial charge in [0.05, 0.1) is 9.79 Å². The number of hydrogen-bond acceptors (Lipinski definition) is 4. The maximum atomic E-state index is 13.3. The highest BCUT2D eigenvalue weighted by atomic mass is 32.2. The summed E-state index contributed by atoms with van der Waals surface area (Å²) in [6.07, 6.45) is 4.97. The van der Waals surface area contributed by atoms with Gasteiger partial charge in [0.25, 0.3) is 0 Å². The Kier molecular flexibility index (Phi) is 6.76. The number of hydrogen-bond donors (Lipinski definition) is 0. The highest BCUT2D eigenvalue weighted by Gasteiger charge is 2.31. The van der Waals surface area contributed by atoms with E-state index in [0.29, 0.717) is 13.0 Å². The van der Waals surface area contributed by atoms with Gasteiger partial charge in [0, 0.05) is 49.8 Å². The summed E-state index contributed by atoms with van der Waals surface area (Å²) in [5, 5.41) is 0.840. The third-order valence-corrected chi connectivity index (χ3v) is 9.90. The van der Waals surface area contributed by atoms with E-state index in [1.807, 2.05) is 35.9 Å². The number of aryl methyl sites for hydroxylation is 1. The summed E-state index contributed by atoms with van der Waals surface area (Å²) in [5.74, 6) is 0. The number of sulfonamides is 2. The molecule has 0 saturated carbocycles. The van der Waals surface area contributed by atoms with Crippen molar-refractivity contribution in [2.75, 3.05) is 26.2 Å². The lowest BCUT2D eigenvalue weighted by Gasteiger charge is -2.22. The van der Waals surface area contributed by atoms with Crippen LogP contribution in [0.15, 0.2) is 77.2 Å². The van der Waals surface area contributed by atoms with Crippen molar-refractivity contribution in [2.24, 2.45) is 0 Å². The van der Waals surface area contributed by atoms with Crippen molar-refractivity contribution in [3.05, 3.63) is 72.9 Å². The quantitative estimate of drug-likeness (QED) is 0.478. The van der Waals surface area contributed by atoms with Gasteiger partial charge in [-0.25, -0.2) is 16.8 Å². The van der Waals surface area contributed by atoms with Gasteiger partial charge in [-0.3, -0.25) is 0 Å². The van der Waals surface area contributed by atoms with Crippen LogP contribution in [0.2, 0.25) is 0 Å². The molecule has 9 heteroatoms. The number of allylic oxidation sites excluding steroid dienone is 1. The largest absolute Gasteiger partial charge is 0.344 e. The summed E-state index contributed by atoms with van der Waals surface area (Å²) in [7, 11) is -7.41. The van der Waals surface area contributed by atoms with Crippen molar-refractivity contribution in [1.29, 1.82) is 0 Å². The number of aromatic nitrogens is 1. The van der Waals surface area contributed by atoms with Gasteiger partial charge in [-0.2, -0.15) is 8.61 Å². The van der Waals surface area contributed by atoms with Crippen LogP contribution in [0, 0.1) is 0 Å². The fraction of sp³-hybridized carbons (Fsp3) is 0.333. The maximum absolute atomic E-state index is 13.3. The fourth-order valence-electron chi connectivity index (χ4n) is 4.18. The van der Waals surface area contributed by atoms with Crippen LogP contribution in [-0.4, -0.2) is 56.2 Å². The Balaban J connectivity index is 1.54. The Morgan fingerprint density at radius 1 is 0.848 bits per heavy atom. The summed E-state index contributed by atoms with van der Waals surface area (Å²) in [4.78, 5) is 0.461. The molecule has 2 heterocycles. The highest BCUT2D eigenvalue weighted by Crippen LogP contribution is 2.25. The van der Waals surface area contributed by atoms with E-state index >= 15 is 0 Å². The molecule has 0 N–H and O–H groups in total. The van der Waals surface area contributed by atoms with E-state index in [9.17, 15) is 16.8 Å². The van der Waals surface area contributed by atoms with E-state index in [1.165, 1.54) is 8.61 Å². The Hall–Kier alpha value is -2.46. The van der Waals surface area contributed by atoms with Crippen molar-refractivity contribution in [1.82, 2.24) is 13.2 Å². The van der Waals surface area contributed by atoms with E-state index in [0.717, 1.165) is 22.9 Å². The molecule has 176 valence electrons. The van der Waals surface area contributed by atoms with Crippen LogP contribution < -0.4 is 0 Å². The molecule has 1 aromatic heterocycles. The lowest BCUT2D eigenvalue weighted by Crippen LogP contribution is -2.37. The van der Waals surface area contributed by atoms with E-state index in [2.05, 4.69) is 6.58 Å². The average Bonchev–Trinajstić information content (AvgIpc) is 3.04. The van der Waals surface area contributed by atoms with E-state index in [4.69, 9.17) is 0 Å². The van der Waals surface area contributed by atoms with Crippen molar-refractivity contribution < 1.29 is 16.8 Å². The fourth-order valence-corrected chi connectivity index (χ4v) is 7.16. The van der Waals surface area contributed by atoms with E-state index < -0.39 is 20.0 Å². The van der Waals surface area contributed by atoms with Crippen LogP contribution >= 0.6 is 0 Å². The molecule has 33 heavy (non-hydrogen) atoms. The van der Waals surface area contributed by atoms with Gasteiger partial charge in [0.15, 0.2) is 0 Å². The Bertz CT molecular complexity index is 1360. The van der Waals surface area contributed by atoms with Crippen LogP contribution in [0.1, 0.15) is 18.9 Å². The molecule has 7 nitrogen and oxygen atoms in total.